The third-order valence-electron chi connectivity index (χ3n) is 2.99. The van der Waals surface area contributed by atoms with Gasteiger partial charge >= 0.3 is 0 Å². The predicted molar refractivity (Wildman–Crippen MR) is 89.8 cm³/mol. The largest absolute Gasteiger partial charge is 0.378 e. The Morgan fingerprint density at radius 2 is 2.10 bits per heavy atom. The van der Waals surface area contributed by atoms with Crippen molar-refractivity contribution in [3.63, 3.8) is 0 Å². The van der Waals surface area contributed by atoms with E-state index < -0.39 is 0 Å². The van der Waals surface area contributed by atoms with E-state index in [1.54, 1.807) is 13.2 Å². The Kier molecular flexibility index (Phi) is 5.46. The second-order valence-electron chi connectivity index (χ2n) is 4.58. The van der Waals surface area contributed by atoms with Gasteiger partial charge in [-0.15, -0.1) is 0 Å². The van der Waals surface area contributed by atoms with E-state index in [9.17, 15) is 4.39 Å². The Bertz CT molecular complexity index is 622. The fourth-order valence-corrected chi connectivity index (χ4v) is 2.55. The average Bonchev–Trinajstić information content (AvgIpc) is 2.46. The highest BCUT2D eigenvalue weighted by atomic mass is 127. The van der Waals surface area contributed by atoms with Crippen LogP contribution in [-0.4, -0.2) is 23.6 Å². The quantitative estimate of drug-likeness (QED) is 0.775. The summed E-state index contributed by atoms with van der Waals surface area (Å²) in [5, 5.41) is 3.21. The average molecular weight is 401 g/mol. The molecule has 0 aliphatic heterocycles. The number of methoxy groups -OCH3 is 1. The third kappa shape index (κ3) is 3.68. The van der Waals surface area contributed by atoms with Crippen LogP contribution in [0.25, 0.3) is 11.4 Å². The number of ether oxygens (including phenoxy) is 1. The molecule has 0 saturated heterocycles. The van der Waals surface area contributed by atoms with Gasteiger partial charge in [0.15, 0.2) is 5.82 Å². The molecule has 0 bridgehead atoms. The molecule has 4 nitrogen and oxygen atoms in total. The first kappa shape index (κ1) is 16.1. The van der Waals surface area contributed by atoms with E-state index in [1.165, 1.54) is 12.1 Å². The minimum atomic E-state index is -0.295. The van der Waals surface area contributed by atoms with Crippen LogP contribution in [0, 0.1) is 16.3 Å². The van der Waals surface area contributed by atoms with E-state index in [1.807, 2.05) is 13.8 Å². The van der Waals surface area contributed by atoms with Gasteiger partial charge in [-0.05, 0) is 54.1 Å². The van der Waals surface area contributed by atoms with E-state index in [0.717, 1.165) is 27.2 Å². The Hall–Kier alpha value is -1.28. The van der Waals surface area contributed by atoms with E-state index in [-0.39, 0.29) is 5.82 Å². The molecule has 0 spiro atoms. The Labute approximate surface area is 137 Å². The number of nitrogens with zero attached hydrogens (tertiary/aromatic N) is 2. The van der Waals surface area contributed by atoms with Crippen molar-refractivity contribution in [2.75, 3.05) is 19.0 Å². The number of aryl methyl sites for hydroxylation is 1. The van der Waals surface area contributed by atoms with Crippen LogP contribution in [0.3, 0.4) is 0 Å². The van der Waals surface area contributed by atoms with Gasteiger partial charge in [0.25, 0.3) is 0 Å². The van der Waals surface area contributed by atoms with Gasteiger partial charge in [0.05, 0.1) is 15.9 Å². The van der Waals surface area contributed by atoms with Crippen LogP contribution in [0.1, 0.15) is 18.2 Å². The number of rotatable bonds is 5. The Morgan fingerprint density at radius 1 is 1.33 bits per heavy atom. The summed E-state index contributed by atoms with van der Waals surface area (Å²) in [5.41, 5.74) is 2.43. The summed E-state index contributed by atoms with van der Waals surface area (Å²) in [5.74, 6) is 0.963. The lowest BCUT2D eigenvalue weighted by Crippen LogP contribution is -2.09. The van der Waals surface area contributed by atoms with Crippen LogP contribution < -0.4 is 5.32 Å². The number of halogens is 2. The number of benzene rings is 1. The monoisotopic (exact) mass is 401 g/mol. The SMILES string of the molecule is CCNc1nc(-c2cc(F)ccc2C)nc(COC)c1I. The third-order valence-corrected chi connectivity index (χ3v) is 4.12. The molecule has 0 atom stereocenters. The number of nitrogens with one attached hydrogen (secondary N) is 1. The predicted octanol–water partition coefficient (Wildman–Crippen LogP) is 3.77. The highest BCUT2D eigenvalue weighted by molar-refractivity contribution is 14.1. The summed E-state index contributed by atoms with van der Waals surface area (Å²) < 4.78 is 19.6. The summed E-state index contributed by atoms with van der Waals surface area (Å²) >= 11 is 2.20. The lowest BCUT2D eigenvalue weighted by Gasteiger charge is -2.13. The fraction of sp³-hybridized carbons (Fsp3) is 0.333. The van der Waals surface area contributed by atoms with Gasteiger partial charge in [0, 0.05) is 19.2 Å². The molecule has 112 valence electrons. The van der Waals surface area contributed by atoms with Crippen molar-refractivity contribution in [3.8, 4) is 11.4 Å². The molecular formula is C15H17FIN3O. The van der Waals surface area contributed by atoms with E-state index in [0.29, 0.717) is 18.0 Å². The van der Waals surface area contributed by atoms with Crippen LogP contribution in [0.5, 0.6) is 0 Å². The van der Waals surface area contributed by atoms with E-state index in [4.69, 9.17) is 4.74 Å². The highest BCUT2D eigenvalue weighted by Crippen LogP contribution is 2.27. The van der Waals surface area contributed by atoms with Crippen LogP contribution >= 0.6 is 22.6 Å². The second kappa shape index (κ2) is 7.13. The summed E-state index contributed by atoms with van der Waals surface area (Å²) in [4.78, 5) is 9.05. The molecule has 1 aromatic heterocycles. The zero-order valence-electron chi connectivity index (χ0n) is 12.2. The topological polar surface area (TPSA) is 47.0 Å². The fourth-order valence-electron chi connectivity index (χ4n) is 1.97. The van der Waals surface area contributed by atoms with Crippen molar-refractivity contribution >= 4 is 28.4 Å². The van der Waals surface area contributed by atoms with Crippen molar-refractivity contribution in [1.29, 1.82) is 0 Å². The maximum atomic E-state index is 13.5. The molecular weight excluding hydrogens is 384 g/mol. The number of hydrogen-bond donors (Lipinski definition) is 1. The minimum absolute atomic E-state index is 0.295. The Balaban J connectivity index is 2.59. The van der Waals surface area contributed by atoms with Crippen molar-refractivity contribution in [2.45, 2.75) is 20.5 Å². The van der Waals surface area contributed by atoms with Gasteiger partial charge < -0.3 is 10.1 Å². The highest BCUT2D eigenvalue weighted by Gasteiger charge is 2.14. The molecule has 21 heavy (non-hydrogen) atoms. The van der Waals surface area contributed by atoms with Crippen molar-refractivity contribution < 1.29 is 9.13 Å². The molecule has 1 aromatic carbocycles. The van der Waals surface area contributed by atoms with Gasteiger partial charge in [-0.25, -0.2) is 14.4 Å². The van der Waals surface area contributed by atoms with Gasteiger partial charge in [-0.1, -0.05) is 6.07 Å². The standard InChI is InChI=1S/C15H17FIN3O/c1-4-18-15-13(17)12(8-21-3)19-14(20-15)11-7-10(16)6-5-9(11)2/h5-7H,4,8H2,1-3H3,(H,18,19,20). The van der Waals surface area contributed by atoms with Crippen LogP contribution in [0.4, 0.5) is 10.2 Å². The normalized spacial score (nSPS) is 10.7. The van der Waals surface area contributed by atoms with Crippen molar-refractivity contribution in [3.05, 3.63) is 38.8 Å². The van der Waals surface area contributed by atoms with Gasteiger partial charge in [0.1, 0.15) is 11.6 Å². The molecule has 2 rings (SSSR count). The minimum Gasteiger partial charge on any atom is -0.378 e. The summed E-state index contributed by atoms with van der Waals surface area (Å²) in [6, 6.07) is 4.63. The molecule has 0 amide bonds. The van der Waals surface area contributed by atoms with E-state index in [2.05, 4.69) is 37.9 Å². The Morgan fingerprint density at radius 3 is 2.76 bits per heavy atom. The molecule has 0 radical (unpaired) electrons. The lowest BCUT2D eigenvalue weighted by molar-refractivity contribution is 0.181. The zero-order chi connectivity index (χ0) is 15.4. The first-order valence-electron chi connectivity index (χ1n) is 6.62. The molecule has 1 heterocycles. The van der Waals surface area contributed by atoms with Gasteiger partial charge in [-0.3, -0.25) is 0 Å². The summed E-state index contributed by atoms with van der Waals surface area (Å²) in [7, 11) is 1.62. The maximum Gasteiger partial charge on any atom is 0.162 e. The number of anilines is 1. The van der Waals surface area contributed by atoms with E-state index >= 15 is 0 Å². The number of hydrogen-bond acceptors (Lipinski definition) is 4. The number of aromatic nitrogens is 2. The first-order valence-corrected chi connectivity index (χ1v) is 7.70. The summed E-state index contributed by atoms with van der Waals surface area (Å²) in [6.45, 7) is 5.06. The van der Waals surface area contributed by atoms with Crippen LogP contribution in [-0.2, 0) is 11.3 Å². The molecule has 2 aromatic rings. The van der Waals surface area contributed by atoms with Gasteiger partial charge in [-0.2, -0.15) is 0 Å². The molecule has 0 aliphatic rings. The molecule has 0 fully saturated rings. The van der Waals surface area contributed by atoms with Gasteiger partial charge in [0.2, 0.25) is 0 Å². The molecule has 6 heteroatoms. The van der Waals surface area contributed by atoms with Crippen LogP contribution in [0.2, 0.25) is 0 Å². The smallest absolute Gasteiger partial charge is 0.162 e. The zero-order valence-corrected chi connectivity index (χ0v) is 14.4. The maximum absolute atomic E-state index is 13.5. The lowest BCUT2D eigenvalue weighted by atomic mass is 10.1. The molecule has 0 unspecified atom stereocenters. The van der Waals surface area contributed by atoms with Crippen molar-refractivity contribution in [1.82, 2.24) is 9.97 Å². The second-order valence-corrected chi connectivity index (χ2v) is 5.66. The molecule has 0 aliphatic carbocycles. The van der Waals surface area contributed by atoms with Crippen LogP contribution in [0.15, 0.2) is 18.2 Å². The molecule has 1 N–H and O–H groups in total. The first-order chi connectivity index (χ1) is 10.1. The molecule has 0 saturated carbocycles. The summed E-state index contributed by atoms with van der Waals surface area (Å²) in [6.07, 6.45) is 0. The van der Waals surface area contributed by atoms with Crippen molar-refractivity contribution in [2.24, 2.45) is 0 Å².